The topological polar surface area (TPSA) is 105 Å². The Morgan fingerprint density at radius 3 is 1.68 bits per heavy atom. The lowest BCUT2D eigenvalue weighted by atomic mass is 9.99. The van der Waals surface area contributed by atoms with Crippen molar-refractivity contribution in [2.24, 2.45) is 0 Å². The first kappa shape index (κ1) is 37.5. The summed E-state index contributed by atoms with van der Waals surface area (Å²) in [5, 5.41) is 31.6. The Bertz CT molecular complexity index is 801. The van der Waals surface area contributed by atoms with Gasteiger partial charge in [0.25, 0.3) is 0 Å². The Morgan fingerprint density at radius 2 is 1.14 bits per heavy atom. The zero-order chi connectivity index (χ0) is 31.6. The second-order valence-corrected chi connectivity index (χ2v) is 14.0. The van der Waals surface area contributed by atoms with Crippen LogP contribution < -0.4 is 0 Å². The van der Waals surface area contributed by atoms with Crippen molar-refractivity contribution in [3.8, 4) is 0 Å². The molecule has 2 saturated heterocycles. The molecule has 3 N–H and O–H groups in total. The van der Waals surface area contributed by atoms with E-state index in [1.165, 1.54) is 64.2 Å². The summed E-state index contributed by atoms with van der Waals surface area (Å²) in [6, 6.07) is 0. The molecule has 3 aliphatic heterocycles. The molecule has 0 spiro atoms. The molecular formula is C37H66O7. The number of carbonyl (C=O) groups excluding carboxylic acids is 1. The quantitative estimate of drug-likeness (QED) is 0.0703. The standard InChI is InChI=1S/C37H66O7/c1-3-4-5-15-19-30(38)20-17-22-32(40)34-24-26-36(44-34)35-25-23-33(43-35)31(39)21-16-13-11-9-7-6-8-10-12-14-18-29-27-28(2)42-37(29)41/h27-28,30-36,38-40H,3-26H2,1-2H3/t28-,30-,31+,32+,33?,34?,35?,36+/m0/s1. The number of rotatable bonds is 25. The van der Waals surface area contributed by atoms with Gasteiger partial charge in [-0.25, -0.2) is 4.79 Å². The highest BCUT2D eigenvalue weighted by atomic mass is 16.6. The normalized spacial score (nSPS) is 27.4. The second-order valence-electron chi connectivity index (χ2n) is 14.0. The van der Waals surface area contributed by atoms with Gasteiger partial charge in [-0.2, -0.15) is 0 Å². The monoisotopic (exact) mass is 622 g/mol. The minimum Gasteiger partial charge on any atom is -0.455 e. The van der Waals surface area contributed by atoms with Gasteiger partial charge in [-0.3, -0.25) is 0 Å². The van der Waals surface area contributed by atoms with Crippen molar-refractivity contribution in [1.82, 2.24) is 0 Å². The van der Waals surface area contributed by atoms with Crippen LogP contribution in [-0.2, 0) is 19.0 Å². The molecule has 3 unspecified atom stereocenters. The molecule has 3 rings (SSSR count). The van der Waals surface area contributed by atoms with E-state index in [1.807, 2.05) is 13.0 Å². The maximum Gasteiger partial charge on any atom is 0.334 e. The van der Waals surface area contributed by atoms with Gasteiger partial charge in [-0.1, -0.05) is 90.4 Å². The highest BCUT2D eigenvalue weighted by Crippen LogP contribution is 2.34. The van der Waals surface area contributed by atoms with Crippen molar-refractivity contribution in [3.63, 3.8) is 0 Å². The number of hydrogen-bond donors (Lipinski definition) is 3. The first-order valence-electron chi connectivity index (χ1n) is 18.6. The van der Waals surface area contributed by atoms with Crippen molar-refractivity contribution >= 4 is 5.97 Å². The van der Waals surface area contributed by atoms with Crippen LogP contribution in [0.4, 0.5) is 0 Å². The average molecular weight is 623 g/mol. The van der Waals surface area contributed by atoms with Gasteiger partial charge >= 0.3 is 5.97 Å². The molecule has 2 fully saturated rings. The average Bonchev–Trinajstić information content (AvgIpc) is 3.76. The van der Waals surface area contributed by atoms with Crippen LogP contribution in [0.1, 0.15) is 168 Å². The van der Waals surface area contributed by atoms with Crippen LogP contribution in [0.2, 0.25) is 0 Å². The van der Waals surface area contributed by atoms with E-state index in [0.29, 0.717) is 6.42 Å². The van der Waals surface area contributed by atoms with E-state index in [-0.39, 0.29) is 42.6 Å². The summed E-state index contributed by atoms with van der Waals surface area (Å²) < 4.78 is 17.7. The molecule has 7 nitrogen and oxygen atoms in total. The zero-order valence-corrected chi connectivity index (χ0v) is 28.1. The van der Waals surface area contributed by atoms with Crippen LogP contribution in [0.15, 0.2) is 11.6 Å². The van der Waals surface area contributed by atoms with Crippen LogP contribution in [0.25, 0.3) is 0 Å². The van der Waals surface area contributed by atoms with Gasteiger partial charge in [0.1, 0.15) is 6.10 Å². The third kappa shape index (κ3) is 14.2. The predicted molar refractivity (Wildman–Crippen MR) is 175 cm³/mol. The van der Waals surface area contributed by atoms with E-state index in [2.05, 4.69) is 6.92 Å². The second kappa shape index (κ2) is 21.7. The smallest absolute Gasteiger partial charge is 0.334 e. The number of cyclic esters (lactones) is 1. The summed E-state index contributed by atoms with van der Waals surface area (Å²) >= 11 is 0. The summed E-state index contributed by atoms with van der Waals surface area (Å²) in [7, 11) is 0. The van der Waals surface area contributed by atoms with Gasteiger partial charge in [0.05, 0.1) is 42.7 Å². The molecule has 0 amide bonds. The van der Waals surface area contributed by atoms with Crippen molar-refractivity contribution < 1.29 is 34.3 Å². The molecule has 0 aromatic heterocycles. The van der Waals surface area contributed by atoms with Crippen molar-refractivity contribution in [1.29, 1.82) is 0 Å². The fourth-order valence-electron chi connectivity index (χ4n) is 7.28. The van der Waals surface area contributed by atoms with E-state index >= 15 is 0 Å². The van der Waals surface area contributed by atoms with E-state index in [1.54, 1.807) is 0 Å². The Kier molecular flexibility index (Phi) is 18.5. The molecule has 3 aliphatic rings. The molecule has 0 aromatic carbocycles. The van der Waals surface area contributed by atoms with Crippen LogP contribution in [0.5, 0.6) is 0 Å². The lowest BCUT2D eigenvalue weighted by molar-refractivity contribution is -0.139. The Labute approximate surface area is 268 Å². The molecular weight excluding hydrogens is 556 g/mol. The fraction of sp³-hybridized carbons (Fsp3) is 0.919. The van der Waals surface area contributed by atoms with Gasteiger partial charge in [0, 0.05) is 5.57 Å². The summed E-state index contributed by atoms with van der Waals surface area (Å²) in [4.78, 5) is 11.6. The largest absolute Gasteiger partial charge is 0.455 e. The van der Waals surface area contributed by atoms with Crippen LogP contribution in [0.3, 0.4) is 0 Å². The van der Waals surface area contributed by atoms with Gasteiger partial charge in [0.2, 0.25) is 0 Å². The molecule has 7 heteroatoms. The Hall–Kier alpha value is -0.990. The summed E-state index contributed by atoms with van der Waals surface area (Å²) in [6.07, 6.45) is 25.7. The minimum absolute atomic E-state index is 0.0170. The number of esters is 1. The maximum atomic E-state index is 11.6. The van der Waals surface area contributed by atoms with E-state index in [4.69, 9.17) is 14.2 Å². The van der Waals surface area contributed by atoms with Crippen molar-refractivity contribution in [3.05, 3.63) is 11.6 Å². The lowest BCUT2D eigenvalue weighted by Gasteiger charge is -2.24. The molecule has 0 aliphatic carbocycles. The van der Waals surface area contributed by atoms with Crippen LogP contribution >= 0.6 is 0 Å². The SMILES string of the molecule is CCCCCC[C@H](O)CCC[C@@H](O)C1CC[C@H](C2CCC([C@H](O)CCCCCCCCCCCCC3=C[C@H](C)OC3=O)O2)O1. The lowest BCUT2D eigenvalue weighted by Crippen LogP contribution is -2.33. The molecule has 0 bridgehead atoms. The van der Waals surface area contributed by atoms with Gasteiger partial charge in [0.15, 0.2) is 0 Å². The maximum absolute atomic E-state index is 11.6. The predicted octanol–water partition coefficient (Wildman–Crippen LogP) is 7.86. The van der Waals surface area contributed by atoms with Crippen LogP contribution in [-0.4, -0.2) is 70.1 Å². The number of hydrogen-bond acceptors (Lipinski definition) is 7. The highest BCUT2D eigenvalue weighted by Gasteiger charge is 2.40. The number of unbranched alkanes of at least 4 members (excludes halogenated alkanes) is 12. The first-order chi connectivity index (χ1) is 21.4. The molecule has 0 aromatic rings. The van der Waals surface area contributed by atoms with E-state index in [0.717, 1.165) is 89.0 Å². The third-order valence-corrected chi connectivity index (χ3v) is 10.1. The summed E-state index contributed by atoms with van der Waals surface area (Å²) in [5.74, 6) is -0.123. The minimum atomic E-state index is -0.479. The van der Waals surface area contributed by atoms with Gasteiger partial charge in [-0.15, -0.1) is 0 Å². The van der Waals surface area contributed by atoms with Crippen molar-refractivity contribution in [2.45, 2.75) is 217 Å². The molecule has 256 valence electrons. The van der Waals surface area contributed by atoms with Crippen LogP contribution in [0, 0.1) is 0 Å². The van der Waals surface area contributed by atoms with Gasteiger partial charge < -0.3 is 29.5 Å². The number of aliphatic hydroxyl groups excluding tert-OH is 3. The Morgan fingerprint density at radius 1 is 0.659 bits per heavy atom. The molecule has 8 atom stereocenters. The van der Waals surface area contributed by atoms with Gasteiger partial charge in [-0.05, 0) is 83.6 Å². The third-order valence-electron chi connectivity index (χ3n) is 10.1. The number of aliphatic hydroxyl groups is 3. The number of carbonyl (C=O) groups is 1. The van der Waals surface area contributed by atoms with E-state index in [9.17, 15) is 20.1 Å². The molecule has 44 heavy (non-hydrogen) atoms. The zero-order valence-electron chi connectivity index (χ0n) is 28.1. The fourth-order valence-corrected chi connectivity index (χ4v) is 7.28. The molecule has 0 saturated carbocycles. The first-order valence-corrected chi connectivity index (χ1v) is 18.6. The molecule has 3 heterocycles. The summed E-state index contributed by atoms with van der Waals surface area (Å²) in [6.45, 7) is 4.11. The Balaban J connectivity index is 1.13. The number of ether oxygens (including phenoxy) is 3. The summed E-state index contributed by atoms with van der Waals surface area (Å²) in [5.41, 5.74) is 0.863. The van der Waals surface area contributed by atoms with E-state index < -0.39 is 12.2 Å². The highest BCUT2D eigenvalue weighted by molar-refractivity contribution is 5.90. The molecule has 0 radical (unpaired) electrons. The van der Waals surface area contributed by atoms with Crippen molar-refractivity contribution in [2.75, 3.05) is 0 Å².